The minimum Gasteiger partial charge on any atom is -0.464 e. The predicted molar refractivity (Wildman–Crippen MR) is 71.9 cm³/mol. The van der Waals surface area contributed by atoms with Gasteiger partial charge in [0, 0.05) is 6.54 Å². The van der Waals surface area contributed by atoms with Gasteiger partial charge in [0.2, 0.25) is 0 Å². The summed E-state index contributed by atoms with van der Waals surface area (Å²) in [5.74, 6) is 0. The Balaban J connectivity index is 4.11. The van der Waals surface area contributed by atoms with Crippen molar-refractivity contribution in [1.29, 1.82) is 0 Å². The average molecular weight is 259 g/mol. The van der Waals surface area contributed by atoms with Crippen molar-refractivity contribution in [1.82, 2.24) is 5.32 Å². The lowest BCUT2D eigenvalue weighted by molar-refractivity contribution is -0.486. The van der Waals surface area contributed by atoms with E-state index in [1.807, 2.05) is 0 Å². The molecule has 6 nitrogen and oxygen atoms in total. The maximum atomic E-state index is 10.2. The first-order chi connectivity index (χ1) is 8.10. The number of rotatable bonds is 5. The van der Waals surface area contributed by atoms with Gasteiger partial charge in [0.1, 0.15) is 5.10 Å². The molecule has 0 aromatic carbocycles. The van der Waals surface area contributed by atoms with Crippen molar-refractivity contribution in [3.63, 3.8) is 0 Å². The van der Waals surface area contributed by atoms with E-state index in [0.717, 1.165) is 12.8 Å². The molecule has 1 N–H and O–H groups in total. The van der Waals surface area contributed by atoms with E-state index in [1.165, 1.54) is 7.11 Å². The molecule has 0 saturated heterocycles. The first-order valence-corrected chi connectivity index (χ1v) is 6.11. The van der Waals surface area contributed by atoms with E-state index in [0.29, 0.717) is 6.54 Å². The maximum Gasteiger partial charge on any atom is 0.358 e. The number of amidine groups is 1. The number of ether oxygens (including phenoxy) is 1. The van der Waals surface area contributed by atoms with Crippen LogP contribution in [0.4, 0.5) is 0 Å². The lowest BCUT2D eigenvalue weighted by atomic mass is 9.67. The summed E-state index contributed by atoms with van der Waals surface area (Å²) in [7, 11) is 1.36. The molecular weight excluding hydrogens is 234 g/mol. The molecule has 0 aliphatic carbocycles. The first kappa shape index (κ1) is 16.7. The van der Waals surface area contributed by atoms with Crippen molar-refractivity contribution < 1.29 is 9.77 Å². The van der Waals surface area contributed by atoms with E-state index in [2.05, 4.69) is 45.0 Å². The first-order valence-electron chi connectivity index (χ1n) is 6.11. The third-order valence-electron chi connectivity index (χ3n) is 3.65. The molecule has 0 heterocycles. The molecule has 0 aliphatic rings. The molecule has 0 fully saturated rings. The zero-order valence-corrected chi connectivity index (χ0v) is 12.2. The highest BCUT2D eigenvalue weighted by atomic mass is 16.7. The van der Waals surface area contributed by atoms with Gasteiger partial charge in [-0.05, 0) is 23.7 Å². The van der Waals surface area contributed by atoms with Gasteiger partial charge in [-0.15, -0.1) is 0 Å². The average Bonchev–Trinajstić information content (AvgIpc) is 2.20. The van der Waals surface area contributed by atoms with Gasteiger partial charge in [0.05, 0.1) is 7.11 Å². The summed E-state index contributed by atoms with van der Waals surface area (Å²) in [5.41, 5.74) is 0.439. The highest BCUT2D eigenvalue weighted by Crippen LogP contribution is 2.41. The highest BCUT2D eigenvalue weighted by Gasteiger charge is 2.31. The van der Waals surface area contributed by atoms with E-state index >= 15 is 0 Å². The van der Waals surface area contributed by atoms with Gasteiger partial charge in [-0.3, -0.25) is 0 Å². The Morgan fingerprint density at radius 2 is 1.89 bits per heavy atom. The van der Waals surface area contributed by atoms with E-state index in [-0.39, 0.29) is 16.9 Å². The molecule has 18 heavy (non-hydrogen) atoms. The van der Waals surface area contributed by atoms with Crippen molar-refractivity contribution in [3.8, 4) is 0 Å². The van der Waals surface area contributed by atoms with Crippen LogP contribution in [0.25, 0.3) is 0 Å². The largest absolute Gasteiger partial charge is 0.464 e. The minimum atomic E-state index is -0.773. The van der Waals surface area contributed by atoms with Crippen LogP contribution >= 0.6 is 0 Å². The summed E-state index contributed by atoms with van der Waals surface area (Å²) < 4.78 is 4.76. The minimum absolute atomic E-state index is 0.0476. The van der Waals surface area contributed by atoms with Crippen LogP contribution in [0.5, 0.6) is 0 Å². The molecule has 0 aliphatic heterocycles. The van der Waals surface area contributed by atoms with Crippen molar-refractivity contribution >= 4 is 6.02 Å². The van der Waals surface area contributed by atoms with E-state index in [9.17, 15) is 10.1 Å². The van der Waals surface area contributed by atoms with E-state index in [4.69, 9.17) is 4.74 Å². The van der Waals surface area contributed by atoms with Crippen LogP contribution in [0.3, 0.4) is 0 Å². The van der Waals surface area contributed by atoms with Crippen LogP contribution in [-0.4, -0.2) is 24.7 Å². The normalized spacial score (nSPS) is 13.3. The molecule has 0 aromatic heterocycles. The number of methoxy groups -OCH3 is 1. The maximum absolute atomic E-state index is 10.2. The van der Waals surface area contributed by atoms with Crippen molar-refractivity contribution in [2.24, 2.45) is 15.9 Å². The molecule has 0 saturated carbocycles. The fraction of sp³-hybridized carbons (Fsp3) is 0.917. The summed E-state index contributed by atoms with van der Waals surface area (Å²) >= 11 is 0. The summed E-state index contributed by atoms with van der Waals surface area (Å²) in [6.45, 7) is 11.7. The van der Waals surface area contributed by atoms with Gasteiger partial charge in [-0.2, -0.15) is 0 Å². The third kappa shape index (κ3) is 5.84. The van der Waals surface area contributed by atoms with Crippen molar-refractivity contribution in [3.05, 3.63) is 10.1 Å². The van der Waals surface area contributed by atoms with Crippen LogP contribution in [-0.2, 0) is 4.74 Å². The van der Waals surface area contributed by atoms with Crippen LogP contribution in [0.1, 0.15) is 47.5 Å². The predicted octanol–water partition coefficient (Wildman–Crippen LogP) is 2.62. The van der Waals surface area contributed by atoms with Crippen LogP contribution in [0, 0.1) is 20.9 Å². The molecule has 0 radical (unpaired) electrons. The van der Waals surface area contributed by atoms with Gasteiger partial charge in [-0.25, -0.2) is 10.1 Å². The third-order valence-corrected chi connectivity index (χ3v) is 3.65. The summed E-state index contributed by atoms with van der Waals surface area (Å²) in [5, 5.41) is 15.3. The summed E-state index contributed by atoms with van der Waals surface area (Å²) in [6, 6.07) is -0.0476. The summed E-state index contributed by atoms with van der Waals surface area (Å²) in [6.07, 6.45) is 1.93. The molecule has 0 atom stereocenters. The monoisotopic (exact) mass is 259 g/mol. The smallest absolute Gasteiger partial charge is 0.358 e. The van der Waals surface area contributed by atoms with Crippen molar-refractivity contribution in [2.45, 2.75) is 47.5 Å². The Bertz CT molecular complexity index is 306. The van der Waals surface area contributed by atoms with Gasteiger partial charge >= 0.3 is 6.02 Å². The molecule has 0 aromatic rings. The van der Waals surface area contributed by atoms with Crippen molar-refractivity contribution in [2.75, 3.05) is 13.7 Å². The molecule has 0 bridgehead atoms. The zero-order valence-electron chi connectivity index (χ0n) is 12.2. The molecule has 0 unspecified atom stereocenters. The lowest BCUT2D eigenvalue weighted by Gasteiger charge is -2.39. The standard InChI is InChI=1S/C12H25N3O3/c1-11(2,3)12(4,5)8-7-9-13-10(18-6)14-15(16)17/h7-9H2,1-6H3,(H,13,14). The highest BCUT2D eigenvalue weighted by molar-refractivity contribution is 5.72. The fourth-order valence-electron chi connectivity index (χ4n) is 1.32. The van der Waals surface area contributed by atoms with E-state index < -0.39 is 5.03 Å². The number of hydrogen-bond acceptors (Lipinski definition) is 3. The number of nitrogens with zero attached hydrogens (tertiary/aromatic N) is 2. The second-order valence-electron chi connectivity index (χ2n) is 6.01. The molecule has 106 valence electrons. The number of hydrogen-bond donors (Lipinski definition) is 1. The van der Waals surface area contributed by atoms with Gasteiger partial charge in [0.25, 0.3) is 0 Å². The zero-order chi connectivity index (χ0) is 14.4. The lowest BCUT2D eigenvalue weighted by Crippen LogP contribution is -2.32. The Morgan fingerprint density at radius 1 is 1.33 bits per heavy atom. The Morgan fingerprint density at radius 3 is 2.28 bits per heavy atom. The second-order valence-corrected chi connectivity index (χ2v) is 6.01. The SMILES string of the molecule is CO/C(=N\[N+](=O)[O-])NCCCC(C)(C)C(C)(C)C. The Hall–Kier alpha value is -1.33. The van der Waals surface area contributed by atoms with Gasteiger partial charge in [0.15, 0.2) is 5.03 Å². The van der Waals surface area contributed by atoms with Gasteiger partial charge in [-0.1, -0.05) is 34.6 Å². The molecular formula is C12H25N3O3. The molecule has 0 amide bonds. The Kier molecular flexibility index (Phi) is 6.08. The van der Waals surface area contributed by atoms with Crippen LogP contribution in [0.2, 0.25) is 0 Å². The van der Waals surface area contributed by atoms with Crippen LogP contribution in [0.15, 0.2) is 5.10 Å². The molecule has 0 rings (SSSR count). The van der Waals surface area contributed by atoms with E-state index in [1.54, 1.807) is 0 Å². The quantitative estimate of drug-likeness (QED) is 0.271. The Labute approximate surface area is 109 Å². The topological polar surface area (TPSA) is 76.8 Å². The number of hydrazone groups is 1. The molecule has 0 spiro atoms. The van der Waals surface area contributed by atoms with Gasteiger partial charge < -0.3 is 10.1 Å². The fourth-order valence-corrected chi connectivity index (χ4v) is 1.32. The number of nitro groups is 1. The summed E-state index contributed by atoms with van der Waals surface area (Å²) in [4.78, 5) is 10.2. The molecule has 6 heteroatoms. The van der Waals surface area contributed by atoms with Crippen LogP contribution < -0.4 is 5.32 Å². The number of nitrogens with one attached hydrogen (secondary N) is 1. The second kappa shape index (κ2) is 6.56.